The predicted molar refractivity (Wildman–Crippen MR) is 218 cm³/mol. The maximum Gasteiger partial charge on any atom is 0.536 e. The highest BCUT2D eigenvalue weighted by Crippen LogP contribution is 2.12. The number of ether oxygens (including phenoxy) is 14. The van der Waals surface area contributed by atoms with E-state index in [0.29, 0.717) is 157 Å². The molecule has 0 atom stereocenters. The molecule has 2 heterocycles. The van der Waals surface area contributed by atoms with Gasteiger partial charge in [0.1, 0.15) is 0 Å². The summed E-state index contributed by atoms with van der Waals surface area (Å²) in [5.41, 5.74) is 0. The van der Waals surface area contributed by atoms with Crippen LogP contribution in [0.15, 0.2) is 12.2 Å². The molecule has 0 bridgehead atoms. The third kappa shape index (κ3) is 32.1. The van der Waals surface area contributed by atoms with Crippen LogP contribution in [0.1, 0.15) is 25.7 Å². The van der Waals surface area contributed by atoms with E-state index in [4.69, 9.17) is 61.6 Å². The Morgan fingerprint density at radius 1 is 0.446 bits per heavy atom. The number of amides is 5. The molecule has 372 valence electrons. The summed E-state index contributed by atoms with van der Waals surface area (Å²) < 4.78 is 74.4. The normalized spacial score (nSPS) is 13.7. The highest BCUT2D eigenvalue weighted by molar-refractivity contribution is 6.13. The van der Waals surface area contributed by atoms with Gasteiger partial charge in [-0.2, -0.15) is 0 Å². The van der Waals surface area contributed by atoms with E-state index in [1.165, 1.54) is 12.2 Å². The second-order valence-electron chi connectivity index (χ2n) is 13.1. The Bertz CT molecular complexity index is 1340. The standard InChI is InChI=1S/C40H65N3O22/c44-34(5-8-42-35(45)1-2-36(42)46)41-7-10-52-12-14-54-16-18-56-20-22-58-24-26-60-28-30-62-32-31-61-29-27-59-25-23-57-21-19-55-17-15-53-13-11-51-9-6-39(49)63-33-64-40(50)65-43-37(47)3-4-38(43)48/h1-2H,3-33H2,(H,41,44). The lowest BCUT2D eigenvalue weighted by Crippen LogP contribution is -2.35. The highest BCUT2D eigenvalue weighted by atomic mass is 16.9. The van der Waals surface area contributed by atoms with Gasteiger partial charge in [0.25, 0.3) is 23.6 Å². The molecule has 0 aliphatic carbocycles. The van der Waals surface area contributed by atoms with Crippen LogP contribution in [0.25, 0.3) is 0 Å². The Labute approximate surface area is 377 Å². The Morgan fingerprint density at radius 3 is 1.15 bits per heavy atom. The van der Waals surface area contributed by atoms with Gasteiger partial charge in [-0.25, -0.2) is 4.79 Å². The minimum Gasteiger partial charge on any atom is -0.428 e. The first-order chi connectivity index (χ1) is 31.8. The molecule has 2 aliphatic heterocycles. The van der Waals surface area contributed by atoms with E-state index in [1.807, 2.05) is 0 Å². The van der Waals surface area contributed by atoms with Crippen molar-refractivity contribution in [3.05, 3.63) is 12.2 Å². The van der Waals surface area contributed by atoms with Gasteiger partial charge in [-0.15, -0.1) is 0 Å². The van der Waals surface area contributed by atoms with E-state index in [2.05, 4.69) is 14.9 Å². The highest BCUT2D eigenvalue weighted by Gasteiger charge is 2.33. The maximum atomic E-state index is 11.8. The van der Waals surface area contributed by atoms with E-state index < -0.39 is 42.5 Å². The minimum atomic E-state index is -1.34. The zero-order chi connectivity index (χ0) is 46.8. The van der Waals surface area contributed by atoms with Crippen LogP contribution in [0.3, 0.4) is 0 Å². The lowest BCUT2D eigenvalue weighted by molar-refractivity contribution is -0.182. The Balaban J connectivity index is 1.14. The molecule has 1 N–H and O–H groups in total. The number of nitrogens with zero attached hydrogens (tertiary/aromatic N) is 2. The van der Waals surface area contributed by atoms with Crippen LogP contribution in [0.5, 0.6) is 0 Å². The molecule has 0 aromatic carbocycles. The summed E-state index contributed by atoms with van der Waals surface area (Å²) in [6.07, 6.45) is 0.863. The summed E-state index contributed by atoms with van der Waals surface area (Å²) in [4.78, 5) is 86.1. The number of esters is 1. The van der Waals surface area contributed by atoms with E-state index in [0.717, 1.165) is 4.90 Å². The lowest BCUT2D eigenvalue weighted by Gasteiger charge is -2.13. The van der Waals surface area contributed by atoms with Crippen molar-refractivity contribution in [1.82, 2.24) is 15.3 Å². The largest absolute Gasteiger partial charge is 0.536 e. The lowest BCUT2D eigenvalue weighted by atomic mass is 10.3. The molecular formula is C40H65N3O22. The molecule has 2 aliphatic rings. The summed E-state index contributed by atoms with van der Waals surface area (Å²) in [5.74, 6) is -3.08. The fourth-order valence-electron chi connectivity index (χ4n) is 4.87. The number of imide groups is 2. The fourth-order valence-corrected chi connectivity index (χ4v) is 4.87. The molecule has 5 amide bonds. The number of hydroxylamine groups is 2. The van der Waals surface area contributed by atoms with Crippen LogP contribution >= 0.6 is 0 Å². The number of hydrogen-bond acceptors (Lipinski definition) is 22. The van der Waals surface area contributed by atoms with E-state index in [9.17, 15) is 33.6 Å². The summed E-state index contributed by atoms with van der Waals surface area (Å²) in [6, 6.07) is 0. The molecule has 1 fully saturated rings. The van der Waals surface area contributed by atoms with Crippen LogP contribution in [0.4, 0.5) is 4.79 Å². The molecule has 0 aromatic rings. The minimum absolute atomic E-state index is 0.0395. The predicted octanol–water partition coefficient (Wildman–Crippen LogP) is -1.28. The van der Waals surface area contributed by atoms with Gasteiger partial charge in [0, 0.05) is 44.5 Å². The Morgan fingerprint density at radius 2 is 0.785 bits per heavy atom. The summed E-state index contributed by atoms with van der Waals surface area (Å²) in [5, 5.41) is 2.99. The van der Waals surface area contributed by atoms with Gasteiger partial charge in [0.05, 0.1) is 165 Å². The number of hydrogen-bond donors (Lipinski definition) is 1. The van der Waals surface area contributed by atoms with Crippen molar-refractivity contribution >= 4 is 41.7 Å². The molecule has 1 saturated heterocycles. The first-order valence-corrected chi connectivity index (χ1v) is 21.4. The van der Waals surface area contributed by atoms with Gasteiger partial charge in [-0.05, 0) is 0 Å². The van der Waals surface area contributed by atoms with Crippen LogP contribution < -0.4 is 5.32 Å². The van der Waals surface area contributed by atoms with Crippen molar-refractivity contribution in [1.29, 1.82) is 0 Å². The van der Waals surface area contributed by atoms with E-state index in [1.54, 1.807) is 0 Å². The van der Waals surface area contributed by atoms with E-state index in [-0.39, 0.29) is 51.3 Å². The first kappa shape index (κ1) is 56.9. The van der Waals surface area contributed by atoms with Crippen molar-refractivity contribution in [2.45, 2.75) is 25.7 Å². The summed E-state index contributed by atoms with van der Waals surface area (Å²) >= 11 is 0. The maximum absolute atomic E-state index is 11.8. The molecule has 0 unspecified atom stereocenters. The Hall–Kier alpha value is -4.25. The van der Waals surface area contributed by atoms with Gasteiger partial charge < -0.3 is 71.6 Å². The summed E-state index contributed by atoms with van der Waals surface area (Å²) in [7, 11) is 0. The third-order valence-electron chi connectivity index (χ3n) is 8.14. The van der Waals surface area contributed by atoms with Crippen LogP contribution in [-0.4, -0.2) is 230 Å². The smallest absolute Gasteiger partial charge is 0.428 e. The van der Waals surface area contributed by atoms with Crippen molar-refractivity contribution < 1.29 is 105 Å². The third-order valence-corrected chi connectivity index (χ3v) is 8.14. The second kappa shape index (κ2) is 40.1. The average Bonchev–Trinajstić information content (AvgIpc) is 3.79. The van der Waals surface area contributed by atoms with Gasteiger partial charge in [0.15, 0.2) is 0 Å². The van der Waals surface area contributed by atoms with Gasteiger partial charge in [0.2, 0.25) is 12.7 Å². The number of rotatable bonds is 45. The van der Waals surface area contributed by atoms with Crippen LogP contribution in [0, 0.1) is 0 Å². The number of nitrogens with one attached hydrogen (secondary N) is 1. The molecule has 0 radical (unpaired) electrons. The molecule has 0 aromatic heterocycles. The molecule has 25 nitrogen and oxygen atoms in total. The Kier molecular flexibility index (Phi) is 35.1. The molecule has 25 heteroatoms. The van der Waals surface area contributed by atoms with Crippen LogP contribution in [0.2, 0.25) is 0 Å². The van der Waals surface area contributed by atoms with Crippen molar-refractivity contribution in [3.8, 4) is 0 Å². The average molecular weight is 940 g/mol. The molecular weight excluding hydrogens is 874 g/mol. The molecule has 0 spiro atoms. The van der Waals surface area contributed by atoms with Crippen molar-refractivity contribution in [2.24, 2.45) is 0 Å². The van der Waals surface area contributed by atoms with Gasteiger partial charge in [-0.3, -0.25) is 38.5 Å². The SMILES string of the molecule is O=C(CCN1C(=O)C=CC1=O)NCCOCCOCCOCCOCCOCCOCCOCCOCCOCCOCCOCCOCCC(=O)OCOC(=O)ON1C(=O)CCC1=O. The van der Waals surface area contributed by atoms with Gasteiger partial charge in [-0.1, -0.05) is 5.06 Å². The zero-order valence-electron chi connectivity index (χ0n) is 37.0. The van der Waals surface area contributed by atoms with Crippen molar-refractivity contribution in [3.63, 3.8) is 0 Å². The summed E-state index contributed by atoms with van der Waals surface area (Å²) in [6.45, 7) is 8.98. The van der Waals surface area contributed by atoms with Crippen LogP contribution in [-0.2, 0) is 99.9 Å². The molecule has 2 rings (SSSR count). The van der Waals surface area contributed by atoms with Gasteiger partial charge >= 0.3 is 12.1 Å². The monoisotopic (exact) mass is 939 g/mol. The first-order valence-electron chi connectivity index (χ1n) is 21.4. The number of carbonyl (C=O) groups is 7. The van der Waals surface area contributed by atoms with Crippen molar-refractivity contribution in [2.75, 3.05) is 178 Å². The fraction of sp³-hybridized carbons (Fsp3) is 0.775. The van der Waals surface area contributed by atoms with E-state index >= 15 is 0 Å². The topological polar surface area (TPSA) is 276 Å². The molecule has 0 saturated carbocycles. The number of carbonyl (C=O) groups excluding carboxylic acids is 7. The molecule has 65 heavy (non-hydrogen) atoms. The second-order valence-corrected chi connectivity index (χ2v) is 13.1. The quantitative estimate of drug-likeness (QED) is 0.0322. The zero-order valence-corrected chi connectivity index (χ0v) is 37.0.